The summed E-state index contributed by atoms with van der Waals surface area (Å²) >= 11 is 0. The number of nitrogens with one attached hydrogen (secondary N) is 2. The summed E-state index contributed by atoms with van der Waals surface area (Å²) in [5, 5.41) is 6.77. The van der Waals surface area contributed by atoms with Gasteiger partial charge in [-0.25, -0.2) is 0 Å². The van der Waals surface area contributed by atoms with E-state index in [0.29, 0.717) is 6.04 Å². The second-order valence-corrected chi connectivity index (χ2v) is 8.47. The third-order valence-corrected chi connectivity index (χ3v) is 6.22. The van der Waals surface area contributed by atoms with Crippen LogP contribution in [-0.4, -0.2) is 45.8 Å². The molecule has 2 aromatic rings. The van der Waals surface area contributed by atoms with Gasteiger partial charge in [-0.15, -0.1) is 0 Å². The Morgan fingerprint density at radius 3 is 2.48 bits per heavy atom. The van der Waals surface area contributed by atoms with Gasteiger partial charge in [0.05, 0.1) is 14.2 Å². The van der Waals surface area contributed by atoms with Gasteiger partial charge in [-0.3, -0.25) is 4.79 Å². The van der Waals surface area contributed by atoms with Gasteiger partial charge in [0.25, 0.3) is 0 Å². The lowest BCUT2D eigenvalue weighted by Crippen LogP contribution is -2.43. The summed E-state index contributed by atoms with van der Waals surface area (Å²) in [5.74, 6) is 1.94. The molecule has 2 aliphatic rings. The van der Waals surface area contributed by atoms with E-state index in [9.17, 15) is 4.79 Å². The first-order valence-corrected chi connectivity index (χ1v) is 11.3. The molecular formula is C25H33N3O3. The van der Waals surface area contributed by atoms with E-state index in [1.165, 1.54) is 11.3 Å². The molecule has 6 heteroatoms. The first kappa shape index (κ1) is 21.5. The molecule has 0 unspecified atom stereocenters. The Morgan fingerprint density at radius 1 is 1.00 bits per heavy atom. The van der Waals surface area contributed by atoms with Gasteiger partial charge in [-0.2, -0.15) is 0 Å². The van der Waals surface area contributed by atoms with Gasteiger partial charge >= 0.3 is 0 Å². The molecule has 0 radical (unpaired) electrons. The van der Waals surface area contributed by atoms with E-state index in [1.807, 2.05) is 18.2 Å². The third kappa shape index (κ3) is 5.70. The van der Waals surface area contributed by atoms with E-state index >= 15 is 0 Å². The summed E-state index contributed by atoms with van der Waals surface area (Å²) in [4.78, 5) is 14.4. The highest BCUT2D eigenvalue weighted by atomic mass is 16.5. The van der Waals surface area contributed by atoms with Crippen molar-refractivity contribution in [1.82, 2.24) is 5.32 Å². The van der Waals surface area contributed by atoms with Crippen LogP contribution in [0.15, 0.2) is 42.5 Å². The SMILES string of the molecule is COc1ccc(CCNC2CCN(c3cccc(NC(=O)C4CC4)c3)CC2)cc1OC. The Hall–Kier alpha value is -2.73. The second kappa shape index (κ2) is 10.1. The average Bonchev–Trinajstić information content (AvgIpc) is 3.65. The summed E-state index contributed by atoms with van der Waals surface area (Å²) in [6.45, 7) is 2.99. The van der Waals surface area contributed by atoms with Crippen molar-refractivity contribution in [1.29, 1.82) is 0 Å². The van der Waals surface area contributed by atoms with Gasteiger partial charge in [0.15, 0.2) is 11.5 Å². The number of methoxy groups -OCH3 is 2. The van der Waals surface area contributed by atoms with Crippen LogP contribution < -0.4 is 25.0 Å². The molecular weight excluding hydrogens is 390 g/mol. The minimum absolute atomic E-state index is 0.162. The topological polar surface area (TPSA) is 62.8 Å². The van der Waals surface area contributed by atoms with Crippen LogP contribution >= 0.6 is 0 Å². The molecule has 1 aliphatic heterocycles. The lowest BCUT2D eigenvalue weighted by molar-refractivity contribution is -0.117. The summed E-state index contributed by atoms with van der Waals surface area (Å²) < 4.78 is 10.7. The fraction of sp³-hybridized carbons (Fsp3) is 0.480. The van der Waals surface area contributed by atoms with E-state index < -0.39 is 0 Å². The third-order valence-electron chi connectivity index (χ3n) is 6.22. The van der Waals surface area contributed by atoms with Crippen molar-refractivity contribution >= 4 is 17.3 Å². The van der Waals surface area contributed by atoms with Crippen molar-refractivity contribution in [3.8, 4) is 11.5 Å². The molecule has 1 saturated carbocycles. The number of amides is 1. The van der Waals surface area contributed by atoms with E-state index in [1.54, 1.807) is 14.2 Å². The van der Waals surface area contributed by atoms with Crippen LogP contribution in [0, 0.1) is 5.92 Å². The standard InChI is InChI=1S/C25H33N3O3/c1-30-23-9-6-18(16-24(23)31-2)10-13-26-20-11-14-28(15-12-20)22-5-3-4-21(17-22)27-25(29)19-7-8-19/h3-6,9,16-17,19-20,26H,7-8,10-15H2,1-2H3,(H,27,29). The van der Waals surface area contributed by atoms with Crippen molar-refractivity contribution in [2.24, 2.45) is 5.92 Å². The highest BCUT2D eigenvalue weighted by Gasteiger charge is 2.29. The number of piperidine rings is 1. The second-order valence-electron chi connectivity index (χ2n) is 8.47. The lowest BCUT2D eigenvalue weighted by atomic mass is 10.0. The fourth-order valence-electron chi connectivity index (χ4n) is 4.17. The molecule has 1 aliphatic carbocycles. The van der Waals surface area contributed by atoms with Crippen LogP contribution in [0.25, 0.3) is 0 Å². The van der Waals surface area contributed by atoms with Crippen molar-refractivity contribution in [2.45, 2.75) is 38.1 Å². The zero-order valence-electron chi connectivity index (χ0n) is 18.5. The molecule has 6 nitrogen and oxygen atoms in total. The van der Waals surface area contributed by atoms with Gasteiger partial charge in [-0.1, -0.05) is 12.1 Å². The Morgan fingerprint density at radius 2 is 1.77 bits per heavy atom. The van der Waals surface area contributed by atoms with Crippen LogP contribution in [0.5, 0.6) is 11.5 Å². The molecule has 0 aromatic heterocycles. The number of rotatable bonds is 9. The van der Waals surface area contributed by atoms with E-state index in [-0.39, 0.29) is 11.8 Å². The van der Waals surface area contributed by atoms with Crippen LogP contribution in [0.1, 0.15) is 31.2 Å². The summed E-state index contributed by atoms with van der Waals surface area (Å²) in [6.07, 6.45) is 5.24. The van der Waals surface area contributed by atoms with Gasteiger partial charge in [0, 0.05) is 36.4 Å². The smallest absolute Gasteiger partial charge is 0.227 e. The van der Waals surface area contributed by atoms with Crippen LogP contribution in [-0.2, 0) is 11.2 Å². The number of hydrogen-bond donors (Lipinski definition) is 2. The summed E-state index contributed by atoms with van der Waals surface area (Å²) in [7, 11) is 3.33. The Balaban J connectivity index is 1.22. The fourth-order valence-corrected chi connectivity index (χ4v) is 4.17. The van der Waals surface area contributed by atoms with E-state index in [2.05, 4.69) is 39.8 Å². The minimum Gasteiger partial charge on any atom is -0.493 e. The molecule has 2 fully saturated rings. The number of ether oxygens (including phenoxy) is 2. The molecule has 2 N–H and O–H groups in total. The predicted molar refractivity (Wildman–Crippen MR) is 124 cm³/mol. The Labute approximate surface area is 184 Å². The normalized spacial score (nSPS) is 16.8. The first-order valence-electron chi connectivity index (χ1n) is 11.3. The highest BCUT2D eigenvalue weighted by molar-refractivity contribution is 5.94. The number of carbonyl (C=O) groups excluding carboxylic acids is 1. The molecule has 2 aromatic carbocycles. The molecule has 166 valence electrons. The maximum absolute atomic E-state index is 12.0. The molecule has 0 bridgehead atoms. The molecule has 1 saturated heterocycles. The predicted octanol–water partition coefficient (Wildman–Crippen LogP) is 3.85. The van der Waals surface area contributed by atoms with Gasteiger partial charge < -0.3 is 25.0 Å². The maximum atomic E-state index is 12.0. The first-order chi connectivity index (χ1) is 15.2. The van der Waals surface area contributed by atoms with Crippen molar-refractivity contribution < 1.29 is 14.3 Å². The number of hydrogen-bond acceptors (Lipinski definition) is 5. The number of anilines is 2. The molecule has 1 heterocycles. The monoisotopic (exact) mass is 423 g/mol. The van der Waals surface area contributed by atoms with Crippen molar-refractivity contribution in [3.05, 3.63) is 48.0 Å². The number of nitrogens with zero attached hydrogens (tertiary/aromatic N) is 1. The molecule has 31 heavy (non-hydrogen) atoms. The molecule has 4 rings (SSSR count). The maximum Gasteiger partial charge on any atom is 0.227 e. The van der Waals surface area contributed by atoms with Gasteiger partial charge in [0.2, 0.25) is 5.91 Å². The molecule has 0 atom stereocenters. The van der Waals surface area contributed by atoms with Crippen molar-refractivity contribution in [2.75, 3.05) is 44.1 Å². The Bertz CT molecular complexity index is 889. The number of carbonyl (C=O) groups is 1. The molecule has 1 amide bonds. The van der Waals surface area contributed by atoms with E-state index in [4.69, 9.17) is 9.47 Å². The minimum atomic E-state index is 0.162. The van der Waals surface area contributed by atoms with Gasteiger partial charge in [-0.05, 0) is 74.5 Å². The highest BCUT2D eigenvalue weighted by Crippen LogP contribution is 2.31. The van der Waals surface area contributed by atoms with Crippen LogP contribution in [0.4, 0.5) is 11.4 Å². The zero-order chi connectivity index (χ0) is 21.6. The van der Waals surface area contributed by atoms with Crippen LogP contribution in [0.2, 0.25) is 0 Å². The zero-order valence-corrected chi connectivity index (χ0v) is 18.5. The van der Waals surface area contributed by atoms with Gasteiger partial charge in [0.1, 0.15) is 0 Å². The summed E-state index contributed by atoms with van der Waals surface area (Å²) in [5.41, 5.74) is 3.34. The Kier molecular flexibility index (Phi) is 6.97. The average molecular weight is 424 g/mol. The lowest BCUT2D eigenvalue weighted by Gasteiger charge is -2.34. The van der Waals surface area contributed by atoms with Crippen molar-refractivity contribution in [3.63, 3.8) is 0 Å². The summed E-state index contributed by atoms with van der Waals surface area (Å²) in [6, 6.07) is 14.9. The molecule has 0 spiro atoms. The van der Waals surface area contributed by atoms with E-state index in [0.717, 1.165) is 68.9 Å². The quantitative estimate of drug-likeness (QED) is 0.641. The van der Waals surface area contributed by atoms with Crippen LogP contribution in [0.3, 0.4) is 0 Å². The largest absolute Gasteiger partial charge is 0.493 e. The number of benzene rings is 2.